The molecule has 0 amide bonds. The van der Waals surface area contributed by atoms with E-state index >= 15 is 0 Å². The highest BCUT2D eigenvalue weighted by Crippen LogP contribution is 2.21. The van der Waals surface area contributed by atoms with E-state index in [1.165, 1.54) is 4.88 Å². The number of pyridine rings is 1. The summed E-state index contributed by atoms with van der Waals surface area (Å²) in [4.78, 5) is 5.42. The van der Waals surface area contributed by atoms with Gasteiger partial charge in [0.15, 0.2) is 5.11 Å². The standard InChI is InChI=1S/C12H11BrClN3S2/c13-8-1-4-11(16-7-8)17-12(18)15-6-5-9-2-3-10(14)19-9/h1-4,7H,5-6H2,(H2,15,16,17,18). The molecule has 2 aromatic rings. The summed E-state index contributed by atoms with van der Waals surface area (Å²) >= 11 is 16.0. The maximum Gasteiger partial charge on any atom is 0.171 e. The molecule has 3 nitrogen and oxygen atoms in total. The van der Waals surface area contributed by atoms with E-state index in [1.807, 2.05) is 24.3 Å². The predicted molar refractivity (Wildman–Crippen MR) is 89.2 cm³/mol. The van der Waals surface area contributed by atoms with Crippen molar-refractivity contribution in [2.24, 2.45) is 0 Å². The quantitative estimate of drug-likeness (QED) is 0.788. The molecule has 2 rings (SSSR count). The van der Waals surface area contributed by atoms with E-state index in [9.17, 15) is 0 Å². The Morgan fingerprint density at radius 3 is 2.84 bits per heavy atom. The van der Waals surface area contributed by atoms with Gasteiger partial charge in [-0.1, -0.05) is 11.6 Å². The number of nitrogens with zero attached hydrogens (tertiary/aromatic N) is 1. The molecule has 2 aromatic heterocycles. The second-order valence-corrected chi connectivity index (χ2v) is 6.82. The number of aromatic nitrogens is 1. The summed E-state index contributed by atoms with van der Waals surface area (Å²) in [6.07, 6.45) is 2.62. The van der Waals surface area contributed by atoms with Crippen molar-refractivity contribution in [2.45, 2.75) is 6.42 Å². The van der Waals surface area contributed by atoms with Crippen LogP contribution in [-0.4, -0.2) is 16.6 Å². The fraction of sp³-hybridized carbons (Fsp3) is 0.167. The Labute approximate surface area is 134 Å². The van der Waals surface area contributed by atoms with Crippen molar-refractivity contribution < 1.29 is 0 Å². The SMILES string of the molecule is S=C(NCCc1ccc(Cl)s1)Nc1ccc(Br)cn1. The van der Waals surface area contributed by atoms with Crippen molar-refractivity contribution in [3.05, 3.63) is 44.1 Å². The van der Waals surface area contributed by atoms with E-state index in [-0.39, 0.29) is 0 Å². The minimum absolute atomic E-state index is 0.567. The van der Waals surface area contributed by atoms with Crippen LogP contribution in [-0.2, 0) is 6.42 Å². The van der Waals surface area contributed by atoms with Crippen molar-refractivity contribution in [3.8, 4) is 0 Å². The van der Waals surface area contributed by atoms with Gasteiger partial charge in [-0.15, -0.1) is 11.3 Å². The number of halogens is 2. The molecule has 0 aliphatic heterocycles. The summed E-state index contributed by atoms with van der Waals surface area (Å²) in [6, 6.07) is 7.70. The van der Waals surface area contributed by atoms with Crippen molar-refractivity contribution in [1.82, 2.24) is 10.3 Å². The molecule has 0 unspecified atom stereocenters. The molecule has 0 saturated carbocycles. The number of nitrogens with one attached hydrogen (secondary N) is 2. The number of rotatable bonds is 4. The average Bonchev–Trinajstić information content (AvgIpc) is 2.78. The molecule has 0 radical (unpaired) electrons. The summed E-state index contributed by atoms with van der Waals surface area (Å²) in [5.74, 6) is 0.722. The number of hydrogen-bond donors (Lipinski definition) is 2. The molecule has 0 atom stereocenters. The highest BCUT2D eigenvalue weighted by molar-refractivity contribution is 9.10. The van der Waals surface area contributed by atoms with Crippen LogP contribution in [0.2, 0.25) is 4.34 Å². The van der Waals surface area contributed by atoms with Gasteiger partial charge in [-0.05, 0) is 58.8 Å². The molecule has 19 heavy (non-hydrogen) atoms. The lowest BCUT2D eigenvalue weighted by molar-refractivity contribution is 0.884. The van der Waals surface area contributed by atoms with Gasteiger partial charge in [0.1, 0.15) is 5.82 Å². The van der Waals surface area contributed by atoms with Crippen LogP contribution < -0.4 is 10.6 Å². The van der Waals surface area contributed by atoms with Gasteiger partial charge in [-0.2, -0.15) is 0 Å². The molecule has 0 spiro atoms. The van der Waals surface area contributed by atoms with Crippen LogP contribution in [0.4, 0.5) is 5.82 Å². The van der Waals surface area contributed by atoms with Gasteiger partial charge in [0.25, 0.3) is 0 Å². The van der Waals surface area contributed by atoms with Crippen molar-refractivity contribution in [1.29, 1.82) is 0 Å². The number of hydrogen-bond acceptors (Lipinski definition) is 3. The average molecular weight is 377 g/mol. The zero-order chi connectivity index (χ0) is 13.7. The number of anilines is 1. The highest BCUT2D eigenvalue weighted by atomic mass is 79.9. The third-order valence-electron chi connectivity index (χ3n) is 2.25. The molecule has 0 saturated heterocycles. The van der Waals surface area contributed by atoms with Crippen LogP contribution in [0.1, 0.15) is 4.88 Å². The summed E-state index contributed by atoms with van der Waals surface area (Å²) < 4.78 is 1.75. The lowest BCUT2D eigenvalue weighted by Crippen LogP contribution is -2.30. The molecule has 0 aliphatic carbocycles. The molecule has 2 heterocycles. The fourth-order valence-electron chi connectivity index (χ4n) is 1.40. The van der Waals surface area contributed by atoms with E-state index in [0.717, 1.165) is 27.6 Å². The van der Waals surface area contributed by atoms with Gasteiger partial charge >= 0.3 is 0 Å². The van der Waals surface area contributed by atoms with Gasteiger partial charge in [0.05, 0.1) is 4.34 Å². The summed E-state index contributed by atoms with van der Waals surface area (Å²) in [5, 5.41) is 6.73. The molecule has 0 aliphatic rings. The normalized spacial score (nSPS) is 10.2. The lowest BCUT2D eigenvalue weighted by Gasteiger charge is -2.09. The maximum atomic E-state index is 5.87. The Hall–Kier alpha value is -0.690. The third-order valence-corrected chi connectivity index (χ3v) is 4.26. The van der Waals surface area contributed by atoms with Crippen molar-refractivity contribution in [2.75, 3.05) is 11.9 Å². The van der Waals surface area contributed by atoms with Crippen LogP contribution in [0.15, 0.2) is 34.9 Å². The van der Waals surface area contributed by atoms with Crippen molar-refractivity contribution >= 4 is 62.0 Å². The van der Waals surface area contributed by atoms with Gasteiger partial charge in [0, 0.05) is 22.1 Å². The van der Waals surface area contributed by atoms with Gasteiger partial charge < -0.3 is 10.6 Å². The van der Waals surface area contributed by atoms with E-state index < -0.39 is 0 Å². The van der Waals surface area contributed by atoms with Crippen LogP contribution >= 0.6 is 51.1 Å². The molecular formula is C12H11BrClN3S2. The first-order valence-corrected chi connectivity index (χ1v) is 7.93. The largest absolute Gasteiger partial charge is 0.362 e. The molecule has 2 N–H and O–H groups in total. The molecular weight excluding hydrogens is 366 g/mol. The Balaban J connectivity index is 1.74. The Kier molecular flexibility index (Phi) is 5.57. The Morgan fingerprint density at radius 2 is 2.21 bits per heavy atom. The van der Waals surface area contributed by atoms with E-state index in [4.69, 9.17) is 23.8 Å². The Bertz CT molecular complexity index is 556. The van der Waals surface area contributed by atoms with Crippen LogP contribution in [0.3, 0.4) is 0 Å². The molecule has 0 fully saturated rings. The van der Waals surface area contributed by atoms with Crippen LogP contribution in [0.25, 0.3) is 0 Å². The van der Waals surface area contributed by atoms with E-state index in [1.54, 1.807) is 17.5 Å². The molecule has 0 bridgehead atoms. The zero-order valence-electron chi connectivity index (χ0n) is 9.82. The number of thiophene rings is 1. The summed E-state index contributed by atoms with van der Waals surface area (Å²) in [5.41, 5.74) is 0. The first-order valence-electron chi connectivity index (χ1n) is 5.54. The predicted octanol–water partition coefficient (Wildman–Crippen LogP) is 4.09. The van der Waals surface area contributed by atoms with Gasteiger partial charge in [-0.25, -0.2) is 4.98 Å². The lowest BCUT2D eigenvalue weighted by atomic mass is 10.3. The highest BCUT2D eigenvalue weighted by Gasteiger charge is 2.00. The third kappa shape index (κ3) is 5.06. The molecule has 7 heteroatoms. The van der Waals surface area contributed by atoms with Crippen LogP contribution in [0.5, 0.6) is 0 Å². The van der Waals surface area contributed by atoms with E-state index in [2.05, 4.69) is 31.5 Å². The molecule has 100 valence electrons. The second kappa shape index (κ2) is 7.19. The first kappa shape index (κ1) is 14.7. The summed E-state index contributed by atoms with van der Waals surface area (Å²) in [7, 11) is 0. The number of thiocarbonyl (C=S) groups is 1. The minimum Gasteiger partial charge on any atom is -0.362 e. The first-order chi connectivity index (χ1) is 9.13. The Morgan fingerprint density at radius 1 is 1.37 bits per heavy atom. The smallest absolute Gasteiger partial charge is 0.171 e. The van der Waals surface area contributed by atoms with Crippen LogP contribution in [0, 0.1) is 0 Å². The maximum absolute atomic E-state index is 5.87. The zero-order valence-corrected chi connectivity index (χ0v) is 13.8. The topological polar surface area (TPSA) is 37.0 Å². The van der Waals surface area contributed by atoms with Gasteiger partial charge in [0.2, 0.25) is 0 Å². The fourth-order valence-corrected chi connectivity index (χ4v) is 2.92. The van der Waals surface area contributed by atoms with Gasteiger partial charge in [-0.3, -0.25) is 0 Å². The van der Waals surface area contributed by atoms with Crippen molar-refractivity contribution in [3.63, 3.8) is 0 Å². The minimum atomic E-state index is 0.567. The monoisotopic (exact) mass is 375 g/mol. The second-order valence-electron chi connectivity index (χ2n) is 3.70. The van der Waals surface area contributed by atoms with E-state index in [0.29, 0.717) is 5.11 Å². The molecule has 0 aromatic carbocycles. The summed E-state index contributed by atoms with van der Waals surface area (Å²) in [6.45, 7) is 0.763.